The van der Waals surface area contributed by atoms with Crippen LogP contribution in [0.1, 0.15) is 36.2 Å². The van der Waals surface area contributed by atoms with E-state index in [-0.39, 0.29) is 18.4 Å². The Kier molecular flexibility index (Phi) is 7.53. The van der Waals surface area contributed by atoms with E-state index in [0.29, 0.717) is 30.4 Å². The first-order chi connectivity index (χ1) is 14.5. The van der Waals surface area contributed by atoms with Gasteiger partial charge in [0, 0.05) is 24.7 Å². The number of benzene rings is 1. The molecule has 2 amide bonds. The number of carbonyl (C=O) groups is 2. The Morgan fingerprint density at radius 1 is 1.37 bits per heavy atom. The molecular weight excluding hydrogens is 408 g/mol. The molecule has 0 bridgehead atoms. The second-order valence-corrected chi connectivity index (χ2v) is 7.45. The molecule has 9 nitrogen and oxygen atoms in total. The maximum Gasteiger partial charge on any atom is 0.248 e. The Morgan fingerprint density at radius 2 is 2.20 bits per heavy atom. The van der Waals surface area contributed by atoms with Crippen molar-refractivity contribution in [2.24, 2.45) is 0 Å². The first-order valence-electron chi connectivity index (χ1n) is 9.80. The van der Waals surface area contributed by atoms with Crippen molar-refractivity contribution in [1.29, 1.82) is 0 Å². The molecule has 1 saturated heterocycles. The molecule has 1 aliphatic rings. The first kappa shape index (κ1) is 21.9. The van der Waals surface area contributed by atoms with E-state index in [1.165, 1.54) is 10.9 Å². The van der Waals surface area contributed by atoms with Gasteiger partial charge in [-0.2, -0.15) is 4.80 Å². The summed E-state index contributed by atoms with van der Waals surface area (Å²) in [6.07, 6.45) is 5.44. The molecule has 0 radical (unpaired) electrons. The number of rotatable bonds is 7. The third-order valence-electron chi connectivity index (χ3n) is 4.79. The molecule has 0 saturated carbocycles. The average molecular weight is 433 g/mol. The van der Waals surface area contributed by atoms with Gasteiger partial charge < -0.3 is 15.0 Å². The van der Waals surface area contributed by atoms with Crippen LogP contribution in [-0.4, -0.2) is 63.3 Å². The van der Waals surface area contributed by atoms with Crippen LogP contribution >= 0.6 is 11.6 Å². The minimum Gasteiger partial charge on any atom is -0.357 e. The number of tetrazole rings is 1. The molecule has 1 unspecified atom stereocenters. The van der Waals surface area contributed by atoms with E-state index in [1.807, 2.05) is 12.1 Å². The standard InChI is InChI=1S/C20H25ClN6O3/c1-14-23-25-27(24-14)12-16-11-17(21)8-6-15(16)7-9-19(29)26-10-4-3-5-20(26)30-13-18(28)22-2/h6-9,11,20H,3-5,10,12-13H2,1-2H3,(H,22,28). The molecule has 1 atom stereocenters. The summed E-state index contributed by atoms with van der Waals surface area (Å²) in [6, 6.07) is 5.44. The van der Waals surface area contributed by atoms with Gasteiger partial charge in [-0.15, -0.1) is 10.2 Å². The van der Waals surface area contributed by atoms with Gasteiger partial charge in [-0.1, -0.05) is 17.7 Å². The van der Waals surface area contributed by atoms with Gasteiger partial charge >= 0.3 is 0 Å². The molecule has 1 aromatic carbocycles. The Bertz CT molecular complexity index is 929. The largest absolute Gasteiger partial charge is 0.357 e. The lowest BCUT2D eigenvalue weighted by atomic mass is 10.1. The van der Waals surface area contributed by atoms with Crippen molar-refractivity contribution < 1.29 is 14.3 Å². The van der Waals surface area contributed by atoms with Gasteiger partial charge in [0.15, 0.2) is 5.82 Å². The maximum absolute atomic E-state index is 12.8. The molecule has 1 fully saturated rings. The van der Waals surface area contributed by atoms with E-state index in [9.17, 15) is 9.59 Å². The summed E-state index contributed by atoms with van der Waals surface area (Å²) < 4.78 is 5.66. The van der Waals surface area contributed by atoms with Crippen molar-refractivity contribution in [1.82, 2.24) is 30.4 Å². The molecule has 0 aliphatic carbocycles. The number of nitrogens with one attached hydrogen (secondary N) is 1. The van der Waals surface area contributed by atoms with E-state index >= 15 is 0 Å². The predicted molar refractivity (Wildman–Crippen MR) is 112 cm³/mol. The summed E-state index contributed by atoms with van der Waals surface area (Å²) in [7, 11) is 1.55. The number of ether oxygens (including phenoxy) is 1. The van der Waals surface area contributed by atoms with E-state index in [2.05, 4.69) is 20.7 Å². The van der Waals surface area contributed by atoms with Gasteiger partial charge in [-0.3, -0.25) is 9.59 Å². The molecule has 10 heteroatoms. The minimum absolute atomic E-state index is 0.0691. The van der Waals surface area contributed by atoms with Gasteiger partial charge in [0.05, 0.1) is 6.54 Å². The number of aromatic nitrogens is 4. The summed E-state index contributed by atoms with van der Waals surface area (Å²) in [4.78, 5) is 27.5. The van der Waals surface area contributed by atoms with Crippen LogP contribution in [0.3, 0.4) is 0 Å². The number of hydrogen-bond acceptors (Lipinski definition) is 6. The van der Waals surface area contributed by atoms with Crippen LogP contribution in [0.5, 0.6) is 0 Å². The molecule has 2 heterocycles. The molecule has 2 aromatic rings. The number of halogens is 1. The fourth-order valence-corrected chi connectivity index (χ4v) is 3.44. The molecule has 160 valence electrons. The van der Waals surface area contributed by atoms with Crippen molar-refractivity contribution in [2.75, 3.05) is 20.2 Å². The van der Waals surface area contributed by atoms with E-state index in [4.69, 9.17) is 16.3 Å². The van der Waals surface area contributed by atoms with Gasteiger partial charge in [0.25, 0.3) is 0 Å². The molecule has 1 aliphatic heterocycles. The number of amides is 2. The fourth-order valence-electron chi connectivity index (χ4n) is 3.24. The van der Waals surface area contributed by atoms with Crippen LogP contribution in [-0.2, 0) is 20.9 Å². The zero-order valence-corrected chi connectivity index (χ0v) is 17.8. The highest BCUT2D eigenvalue weighted by Gasteiger charge is 2.26. The van der Waals surface area contributed by atoms with E-state index in [1.54, 1.807) is 31.0 Å². The number of carbonyl (C=O) groups excluding carboxylic acids is 2. The molecule has 0 spiro atoms. The van der Waals surface area contributed by atoms with Crippen LogP contribution in [0, 0.1) is 6.92 Å². The lowest BCUT2D eigenvalue weighted by Gasteiger charge is -2.34. The van der Waals surface area contributed by atoms with Gasteiger partial charge in [0.2, 0.25) is 11.8 Å². The third-order valence-corrected chi connectivity index (χ3v) is 5.03. The van der Waals surface area contributed by atoms with Crippen LogP contribution in [0.2, 0.25) is 5.02 Å². The second kappa shape index (κ2) is 10.3. The quantitative estimate of drug-likeness (QED) is 0.669. The highest BCUT2D eigenvalue weighted by atomic mass is 35.5. The number of likely N-dealkylation sites (N-methyl/N-ethyl adjacent to an activating group) is 1. The van der Waals surface area contributed by atoms with Crippen molar-refractivity contribution in [2.45, 2.75) is 39.0 Å². The monoisotopic (exact) mass is 432 g/mol. The molecule has 3 rings (SSSR count). The molecule has 1 aromatic heterocycles. The van der Waals surface area contributed by atoms with Crippen LogP contribution < -0.4 is 5.32 Å². The summed E-state index contributed by atoms with van der Waals surface area (Å²) in [5.41, 5.74) is 1.71. The van der Waals surface area contributed by atoms with Gasteiger partial charge in [-0.05, 0) is 60.7 Å². The lowest BCUT2D eigenvalue weighted by molar-refractivity contribution is -0.151. The third kappa shape index (κ3) is 5.87. The van der Waals surface area contributed by atoms with Crippen LogP contribution in [0.4, 0.5) is 0 Å². The van der Waals surface area contributed by atoms with Gasteiger partial charge in [-0.25, -0.2) is 0 Å². The Balaban J connectivity index is 1.72. The zero-order valence-electron chi connectivity index (χ0n) is 17.0. The average Bonchev–Trinajstić information content (AvgIpc) is 3.16. The summed E-state index contributed by atoms with van der Waals surface area (Å²) in [6.45, 7) is 2.68. The Hall–Kier alpha value is -2.78. The second-order valence-electron chi connectivity index (χ2n) is 7.01. The SMILES string of the molecule is CNC(=O)COC1CCCCN1C(=O)C=Cc1ccc(Cl)cc1Cn1nnc(C)n1. The molecule has 1 N–H and O–H groups in total. The Morgan fingerprint density at radius 3 is 2.93 bits per heavy atom. The van der Waals surface area contributed by atoms with Crippen LogP contribution in [0.15, 0.2) is 24.3 Å². The smallest absolute Gasteiger partial charge is 0.248 e. The zero-order chi connectivity index (χ0) is 21.5. The summed E-state index contributed by atoms with van der Waals surface area (Å²) >= 11 is 6.15. The lowest BCUT2D eigenvalue weighted by Crippen LogP contribution is -2.45. The topological polar surface area (TPSA) is 102 Å². The molecular formula is C20H25ClN6O3. The Labute approximate surface area is 180 Å². The van der Waals surface area contributed by atoms with Gasteiger partial charge in [0.1, 0.15) is 12.8 Å². The summed E-state index contributed by atoms with van der Waals surface area (Å²) in [5.74, 6) is 0.204. The number of hydrogen-bond donors (Lipinski definition) is 1. The van der Waals surface area contributed by atoms with Crippen molar-refractivity contribution in [3.05, 3.63) is 46.2 Å². The number of aryl methyl sites for hydroxylation is 1. The number of likely N-dealkylation sites (tertiary alicyclic amines) is 1. The normalized spacial score (nSPS) is 16.8. The van der Waals surface area contributed by atoms with E-state index in [0.717, 1.165) is 24.0 Å². The first-order valence-corrected chi connectivity index (χ1v) is 10.2. The number of piperidine rings is 1. The van der Waals surface area contributed by atoms with Crippen molar-refractivity contribution in [3.8, 4) is 0 Å². The highest BCUT2D eigenvalue weighted by Crippen LogP contribution is 2.21. The predicted octanol–water partition coefficient (Wildman–Crippen LogP) is 1.80. The minimum atomic E-state index is -0.403. The number of nitrogens with zero attached hydrogens (tertiary/aromatic N) is 5. The molecule has 30 heavy (non-hydrogen) atoms. The van der Waals surface area contributed by atoms with E-state index < -0.39 is 6.23 Å². The highest BCUT2D eigenvalue weighted by molar-refractivity contribution is 6.30. The van der Waals surface area contributed by atoms with Crippen LogP contribution in [0.25, 0.3) is 6.08 Å². The van der Waals surface area contributed by atoms with Crippen molar-refractivity contribution in [3.63, 3.8) is 0 Å². The van der Waals surface area contributed by atoms with Crippen molar-refractivity contribution >= 4 is 29.5 Å². The fraction of sp³-hybridized carbons (Fsp3) is 0.450. The summed E-state index contributed by atoms with van der Waals surface area (Å²) in [5, 5.41) is 15.2. The maximum atomic E-state index is 12.8.